The molecule has 0 spiro atoms. The van der Waals surface area contributed by atoms with E-state index in [0.717, 1.165) is 12.1 Å². The molecule has 2 rings (SSSR count). The summed E-state index contributed by atoms with van der Waals surface area (Å²) in [5.74, 6) is 0. The number of aromatic nitrogens is 1. The fraction of sp³-hybridized carbons (Fsp3) is 0.200. The Morgan fingerprint density at radius 1 is 1.38 bits per heavy atom. The highest BCUT2D eigenvalue weighted by Crippen LogP contribution is 2.11. The normalized spacial score (nSPS) is 10.5. The standard InChI is InChI=1S/C10H11NOS/c12-8-9-3-4-11(6-9)7-10-2-1-5-13-10/h1-6,12H,7-8H2. The number of rotatable bonds is 3. The zero-order valence-corrected chi connectivity index (χ0v) is 8.00. The van der Waals surface area contributed by atoms with E-state index in [1.54, 1.807) is 11.3 Å². The minimum Gasteiger partial charge on any atom is -0.392 e. The summed E-state index contributed by atoms with van der Waals surface area (Å²) in [7, 11) is 0. The van der Waals surface area contributed by atoms with Crippen LogP contribution >= 0.6 is 11.3 Å². The second kappa shape index (κ2) is 3.77. The monoisotopic (exact) mass is 193 g/mol. The van der Waals surface area contributed by atoms with E-state index in [4.69, 9.17) is 5.11 Å². The lowest BCUT2D eigenvalue weighted by Gasteiger charge is -1.98. The molecule has 0 unspecified atom stereocenters. The third kappa shape index (κ3) is 1.99. The number of aliphatic hydroxyl groups is 1. The lowest BCUT2D eigenvalue weighted by atomic mass is 10.4. The highest BCUT2D eigenvalue weighted by molar-refractivity contribution is 7.09. The molecule has 0 bridgehead atoms. The van der Waals surface area contributed by atoms with Gasteiger partial charge in [-0.1, -0.05) is 6.07 Å². The summed E-state index contributed by atoms with van der Waals surface area (Å²) in [6.07, 6.45) is 3.96. The van der Waals surface area contributed by atoms with Gasteiger partial charge in [-0.15, -0.1) is 11.3 Å². The van der Waals surface area contributed by atoms with Crippen LogP contribution in [0.25, 0.3) is 0 Å². The van der Waals surface area contributed by atoms with Crippen molar-refractivity contribution < 1.29 is 5.11 Å². The molecule has 0 saturated carbocycles. The Labute approximate surface area is 81.1 Å². The van der Waals surface area contributed by atoms with Crippen LogP contribution < -0.4 is 0 Å². The zero-order valence-electron chi connectivity index (χ0n) is 7.18. The molecule has 0 aliphatic heterocycles. The topological polar surface area (TPSA) is 25.2 Å². The van der Waals surface area contributed by atoms with E-state index in [1.165, 1.54) is 4.88 Å². The van der Waals surface area contributed by atoms with Crippen molar-refractivity contribution in [2.45, 2.75) is 13.2 Å². The van der Waals surface area contributed by atoms with Crippen LogP contribution in [0, 0.1) is 0 Å². The van der Waals surface area contributed by atoms with Crippen molar-refractivity contribution in [1.29, 1.82) is 0 Å². The summed E-state index contributed by atoms with van der Waals surface area (Å²) < 4.78 is 2.08. The number of thiophene rings is 1. The number of aliphatic hydroxyl groups excluding tert-OH is 1. The molecule has 0 radical (unpaired) electrons. The molecule has 2 aromatic rings. The van der Waals surface area contributed by atoms with Gasteiger partial charge in [-0.2, -0.15) is 0 Å². The van der Waals surface area contributed by atoms with Gasteiger partial charge in [0.2, 0.25) is 0 Å². The smallest absolute Gasteiger partial charge is 0.0696 e. The van der Waals surface area contributed by atoms with Crippen molar-refractivity contribution in [1.82, 2.24) is 4.57 Å². The Morgan fingerprint density at radius 2 is 2.31 bits per heavy atom. The largest absolute Gasteiger partial charge is 0.392 e. The van der Waals surface area contributed by atoms with Crippen molar-refractivity contribution in [3.05, 3.63) is 46.4 Å². The average Bonchev–Trinajstić information content (AvgIpc) is 2.76. The molecule has 0 saturated heterocycles. The van der Waals surface area contributed by atoms with E-state index in [1.807, 2.05) is 18.5 Å². The van der Waals surface area contributed by atoms with Crippen molar-refractivity contribution in [2.75, 3.05) is 0 Å². The molecule has 0 aromatic carbocycles. The summed E-state index contributed by atoms with van der Waals surface area (Å²) >= 11 is 1.75. The van der Waals surface area contributed by atoms with Crippen LogP contribution in [0.4, 0.5) is 0 Å². The lowest BCUT2D eigenvalue weighted by molar-refractivity contribution is 0.282. The maximum atomic E-state index is 8.87. The number of nitrogens with zero attached hydrogens (tertiary/aromatic N) is 1. The third-order valence-electron chi connectivity index (χ3n) is 1.91. The van der Waals surface area contributed by atoms with E-state index < -0.39 is 0 Å². The van der Waals surface area contributed by atoms with E-state index >= 15 is 0 Å². The van der Waals surface area contributed by atoms with E-state index in [-0.39, 0.29) is 6.61 Å². The molecule has 0 aliphatic rings. The molecule has 0 aliphatic carbocycles. The predicted octanol–water partition coefficient (Wildman–Crippen LogP) is 2.09. The second-order valence-corrected chi connectivity index (χ2v) is 3.96. The summed E-state index contributed by atoms with van der Waals surface area (Å²) in [6, 6.07) is 6.10. The third-order valence-corrected chi connectivity index (χ3v) is 2.77. The Morgan fingerprint density at radius 3 is 2.92 bits per heavy atom. The first-order valence-electron chi connectivity index (χ1n) is 4.16. The first kappa shape index (κ1) is 8.53. The quantitative estimate of drug-likeness (QED) is 0.793. The van der Waals surface area contributed by atoms with Crippen LogP contribution in [-0.2, 0) is 13.2 Å². The molecule has 2 nitrogen and oxygen atoms in total. The molecular formula is C10H11NOS. The van der Waals surface area contributed by atoms with Crippen molar-refractivity contribution in [3.63, 3.8) is 0 Å². The van der Waals surface area contributed by atoms with Gasteiger partial charge in [0.15, 0.2) is 0 Å². The molecule has 0 atom stereocenters. The maximum Gasteiger partial charge on any atom is 0.0696 e. The van der Waals surface area contributed by atoms with Crippen molar-refractivity contribution in [3.8, 4) is 0 Å². The summed E-state index contributed by atoms with van der Waals surface area (Å²) in [5.41, 5.74) is 0.969. The van der Waals surface area contributed by atoms with Gasteiger partial charge in [0.25, 0.3) is 0 Å². The van der Waals surface area contributed by atoms with Gasteiger partial charge in [0.1, 0.15) is 0 Å². The van der Waals surface area contributed by atoms with Gasteiger partial charge < -0.3 is 9.67 Å². The zero-order chi connectivity index (χ0) is 9.10. The molecule has 2 heterocycles. The molecule has 13 heavy (non-hydrogen) atoms. The van der Waals surface area contributed by atoms with Gasteiger partial charge in [-0.05, 0) is 23.1 Å². The van der Waals surface area contributed by atoms with Crippen molar-refractivity contribution in [2.24, 2.45) is 0 Å². The molecule has 0 amide bonds. The Kier molecular flexibility index (Phi) is 2.47. The Bertz CT molecular complexity index is 364. The second-order valence-electron chi connectivity index (χ2n) is 2.93. The van der Waals surface area contributed by atoms with Crippen LogP contribution in [0.3, 0.4) is 0 Å². The average molecular weight is 193 g/mol. The summed E-state index contributed by atoms with van der Waals surface area (Å²) in [4.78, 5) is 1.33. The summed E-state index contributed by atoms with van der Waals surface area (Å²) in [5, 5.41) is 10.9. The van der Waals surface area contributed by atoms with E-state index in [2.05, 4.69) is 22.1 Å². The predicted molar refractivity (Wildman–Crippen MR) is 53.8 cm³/mol. The van der Waals surface area contributed by atoms with E-state index in [9.17, 15) is 0 Å². The molecule has 2 aromatic heterocycles. The van der Waals surface area contributed by atoms with Crippen LogP contribution in [0.15, 0.2) is 36.0 Å². The van der Waals surface area contributed by atoms with Gasteiger partial charge in [-0.25, -0.2) is 0 Å². The lowest BCUT2D eigenvalue weighted by Crippen LogP contribution is -1.93. The Hall–Kier alpha value is -1.06. The van der Waals surface area contributed by atoms with Gasteiger partial charge in [-0.3, -0.25) is 0 Å². The van der Waals surface area contributed by atoms with Crippen LogP contribution in [0.1, 0.15) is 10.4 Å². The molecule has 0 fully saturated rings. The molecular weight excluding hydrogens is 182 g/mol. The Balaban J connectivity index is 2.10. The minimum atomic E-state index is 0.122. The SMILES string of the molecule is OCc1ccn(Cc2cccs2)c1. The number of hydrogen-bond donors (Lipinski definition) is 1. The van der Waals surface area contributed by atoms with Crippen LogP contribution in [-0.4, -0.2) is 9.67 Å². The van der Waals surface area contributed by atoms with Gasteiger partial charge >= 0.3 is 0 Å². The molecule has 3 heteroatoms. The maximum absolute atomic E-state index is 8.87. The van der Waals surface area contributed by atoms with Gasteiger partial charge in [0, 0.05) is 17.3 Å². The van der Waals surface area contributed by atoms with E-state index in [0.29, 0.717) is 0 Å². The molecule has 68 valence electrons. The fourth-order valence-corrected chi connectivity index (χ4v) is 1.98. The van der Waals surface area contributed by atoms with Crippen molar-refractivity contribution >= 4 is 11.3 Å². The fourth-order valence-electron chi connectivity index (χ4n) is 1.26. The summed E-state index contributed by atoms with van der Waals surface area (Å²) in [6.45, 7) is 1.02. The minimum absolute atomic E-state index is 0.122. The van der Waals surface area contributed by atoms with Crippen LogP contribution in [0.5, 0.6) is 0 Å². The van der Waals surface area contributed by atoms with Crippen LogP contribution in [0.2, 0.25) is 0 Å². The highest BCUT2D eigenvalue weighted by Gasteiger charge is 1.97. The first-order chi connectivity index (χ1) is 6.38. The highest BCUT2D eigenvalue weighted by atomic mass is 32.1. The first-order valence-corrected chi connectivity index (χ1v) is 5.04. The molecule has 1 N–H and O–H groups in total. The number of hydrogen-bond acceptors (Lipinski definition) is 2. The van der Waals surface area contributed by atoms with Gasteiger partial charge in [0.05, 0.1) is 13.2 Å².